The van der Waals surface area contributed by atoms with Crippen LogP contribution in [-0.4, -0.2) is 27.0 Å². The second-order valence-electron chi connectivity index (χ2n) is 5.19. The zero-order valence-electron chi connectivity index (χ0n) is 12.1. The van der Waals surface area contributed by atoms with E-state index in [1.807, 2.05) is 0 Å². The molecule has 3 nitrogen and oxygen atoms in total. The summed E-state index contributed by atoms with van der Waals surface area (Å²) in [4.78, 5) is 0. The van der Waals surface area contributed by atoms with Crippen LogP contribution >= 0.6 is 0 Å². The molecule has 108 valence electrons. The van der Waals surface area contributed by atoms with Crippen LogP contribution in [0.3, 0.4) is 0 Å². The monoisotopic (exact) mass is 283 g/mol. The number of hydrogen-bond donors (Lipinski definition) is 1. The lowest BCUT2D eigenvalue weighted by Gasteiger charge is -2.19. The first-order valence-electron chi connectivity index (χ1n) is 6.90. The van der Waals surface area contributed by atoms with E-state index in [4.69, 9.17) is 0 Å². The summed E-state index contributed by atoms with van der Waals surface area (Å²) in [6, 6.07) is 8.72. The molecule has 1 aromatic carbocycles. The molecule has 0 fully saturated rings. The van der Waals surface area contributed by atoms with Gasteiger partial charge in [-0.1, -0.05) is 36.8 Å². The first-order chi connectivity index (χ1) is 8.92. The molecule has 1 N–H and O–H groups in total. The van der Waals surface area contributed by atoms with Gasteiger partial charge < -0.3 is 5.32 Å². The third-order valence-corrected chi connectivity index (χ3v) is 4.16. The number of sulfone groups is 1. The van der Waals surface area contributed by atoms with Gasteiger partial charge in [0, 0.05) is 18.1 Å². The molecule has 0 aromatic heterocycles. The third-order valence-electron chi connectivity index (χ3n) is 3.13. The molecule has 0 heterocycles. The number of hydrogen-bond acceptors (Lipinski definition) is 3. The second kappa shape index (κ2) is 7.65. The van der Waals surface area contributed by atoms with Crippen LogP contribution in [0, 0.1) is 6.92 Å². The highest BCUT2D eigenvalue weighted by molar-refractivity contribution is 7.90. The molecule has 0 aliphatic rings. The Balaban J connectivity index is 2.63. The molecular formula is C15H25NO2S. The van der Waals surface area contributed by atoms with Crippen molar-refractivity contribution in [3.8, 4) is 0 Å². The Labute approximate surface area is 117 Å². The van der Waals surface area contributed by atoms with E-state index in [2.05, 4.69) is 43.4 Å². The highest BCUT2D eigenvalue weighted by Gasteiger charge is 2.11. The Hall–Kier alpha value is -0.870. The highest BCUT2D eigenvalue weighted by Crippen LogP contribution is 2.19. The van der Waals surface area contributed by atoms with Crippen molar-refractivity contribution < 1.29 is 8.42 Å². The van der Waals surface area contributed by atoms with Crippen LogP contribution in [0.2, 0.25) is 0 Å². The van der Waals surface area contributed by atoms with Crippen molar-refractivity contribution in [1.82, 2.24) is 5.32 Å². The summed E-state index contributed by atoms with van der Waals surface area (Å²) in [6.07, 6.45) is 3.94. The summed E-state index contributed by atoms with van der Waals surface area (Å²) >= 11 is 0. The summed E-state index contributed by atoms with van der Waals surface area (Å²) in [5.41, 5.74) is 2.49. The van der Waals surface area contributed by atoms with Gasteiger partial charge in [0.2, 0.25) is 0 Å². The molecular weight excluding hydrogens is 258 g/mol. The molecule has 0 saturated heterocycles. The molecule has 1 aromatic rings. The minimum atomic E-state index is -2.86. The summed E-state index contributed by atoms with van der Waals surface area (Å²) in [5.74, 6) is 0.267. The van der Waals surface area contributed by atoms with E-state index >= 15 is 0 Å². The number of rotatable bonds is 8. The molecule has 0 amide bonds. The Morgan fingerprint density at radius 2 is 1.84 bits per heavy atom. The molecule has 1 unspecified atom stereocenters. The van der Waals surface area contributed by atoms with Gasteiger partial charge in [-0.3, -0.25) is 0 Å². The van der Waals surface area contributed by atoms with Crippen LogP contribution < -0.4 is 5.32 Å². The van der Waals surface area contributed by atoms with Crippen molar-refractivity contribution in [1.29, 1.82) is 0 Å². The van der Waals surface area contributed by atoms with Crippen molar-refractivity contribution in [2.45, 2.75) is 39.2 Å². The molecule has 0 radical (unpaired) electrons. The van der Waals surface area contributed by atoms with E-state index in [0.29, 0.717) is 6.42 Å². The zero-order valence-corrected chi connectivity index (χ0v) is 13.0. The molecule has 1 atom stereocenters. The maximum absolute atomic E-state index is 11.2. The fraction of sp³-hybridized carbons (Fsp3) is 0.600. The maximum atomic E-state index is 11.2. The van der Waals surface area contributed by atoms with Gasteiger partial charge in [-0.05, 0) is 38.3 Å². The van der Waals surface area contributed by atoms with Gasteiger partial charge in [-0.15, -0.1) is 0 Å². The van der Waals surface area contributed by atoms with Gasteiger partial charge >= 0.3 is 0 Å². The van der Waals surface area contributed by atoms with E-state index in [1.165, 1.54) is 17.4 Å². The Bertz CT molecular complexity index is 465. The highest BCUT2D eigenvalue weighted by atomic mass is 32.2. The average Bonchev–Trinajstić information content (AvgIpc) is 2.33. The van der Waals surface area contributed by atoms with Gasteiger partial charge in [0.25, 0.3) is 0 Å². The van der Waals surface area contributed by atoms with Crippen LogP contribution in [0.5, 0.6) is 0 Å². The van der Waals surface area contributed by atoms with E-state index in [-0.39, 0.29) is 11.8 Å². The van der Waals surface area contributed by atoms with Gasteiger partial charge in [-0.2, -0.15) is 0 Å². The van der Waals surface area contributed by atoms with E-state index in [9.17, 15) is 8.42 Å². The smallest absolute Gasteiger partial charge is 0.147 e. The predicted molar refractivity (Wildman–Crippen MR) is 81.2 cm³/mol. The molecule has 1 rings (SSSR count). The van der Waals surface area contributed by atoms with Crippen LogP contribution in [0.1, 0.15) is 43.4 Å². The van der Waals surface area contributed by atoms with Gasteiger partial charge in [-0.25, -0.2) is 8.42 Å². The minimum absolute atomic E-state index is 0.252. The lowest BCUT2D eigenvalue weighted by atomic mass is 10.0. The van der Waals surface area contributed by atoms with Gasteiger partial charge in [0.15, 0.2) is 0 Å². The lowest BCUT2D eigenvalue weighted by molar-refractivity contribution is 0.492. The number of aryl methyl sites for hydroxylation is 1. The second-order valence-corrected chi connectivity index (χ2v) is 7.45. The third kappa shape index (κ3) is 6.73. The Kier molecular flexibility index (Phi) is 6.52. The zero-order chi connectivity index (χ0) is 14.3. The first kappa shape index (κ1) is 16.2. The molecule has 0 saturated carbocycles. The van der Waals surface area contributed by atoms with Crippen molar-refractivity contribution in [3.05, 3.63) is 35.4 Å². The molecule has 0 bridgehead atoms. The van der Waals surface area contributed by atoms with Gasteiger partial charge in [0.05, 0.1) is 0 Å². The standard InChI is InChI=1S/C15H25NO2S/c1-4-11-16-15(6-5-12-19(3,17)18)14-9-7-13(2)8-10-14/h7-10,15-16H,4-6,11-12H2,1-3H3. The summed E-state index contributed by atoms with van der Waals surface area (Å²) in [6.45, 7) is 5.16. The van der Waals surface area contributed by atoms with Crippen molar-refractivity contribution in [3.63, 3.8) is 0 Å². The van der Waals surface area contributed by atoms with Crippen LogP contribution in [0.15, 0.2) is 24.3 Å². The fourth-order valence-corrected chi connectivity index (χ4v) is 2.74. The number of benzene rings is 1. The van der Waals surface area contributed by atoms with E-state index in [1.54, 1.807) is 0 Å². The molecule has 19 heavy (non-hydrogen) atoms. The summed E-state index contributed by atoms with van der Waals surface area (Å²) < 4.78 is 22.4. The fourth-order valence-electron chi connectivity index (χ4n) is 2.05. The van der Waals surface area contributed by atoms with Crippen molar-refractivity contribution in [2.24, 2.45) is 0 Å². The molecule has 0 aliphatic carbocycles. The van der Waals surface area contributed by atoms with Crippen LogP contribution in [0.25, 0.3) is 0 Å². The van der Waals surface area contributed by atoms with Gasteiger partial charge in [0.1, 0.15) is 9.84 Å². The summed E-state index contributed by atoms with van der Waals surface area (Å²) in [5, 5.41) is 3.50. The topological polar surface area (TPSA) is 46.2 Å². The van der Waals surface area contributed by atoms with E-state index in [0.717, 1.165) is 19.4 Å². The Morgan fingerprint density at radius 1 is 1.21 bits per heavy atom. The molecule has 0 spiro atoms. The van der Waals surface area contributed by atoms with Crippen molar-refractivity contribution in [2.75, 3.05) is 18.6 Å². The largest absolute Gasteiger partial charge is 0.310 e. The molecule has 0 aliphatic heterocycles. The first-order valence-corrected chi connectivity index (χ1v) is 8.96. The lowest BCUT2D eigenvalue weighted by Crippen LogP contribution is -2.22. The molecule has 4 heteroatoms. The minimum Gasteiger partial charge on any atom is -0.310 e. The van der Waals surface area contributed by atoms with E-state index < -0.39 is 9.84 Å². The average molecular weight is 283 g/mol. The maximum Gasteiger partial charge on any atom is 0.147 e. The Morgan fingerprint density at radius 3 is 2.37 bits per heavy atom. The summed E-state index contributed by atoms with van der Waals surface area (Å²) in [7, 11) is -2.86. The number of nitrogens with one attached hydrogen (secondary N) is 1. The quantitative estimate of drug-likeness (QED) is 0.798. The van der Waals surface area contributed by atoms with Crippen LogP contribution in [-0.2, 0) is 9.84 Å². The van der Waals surface area contributed by atoms with Crippen molar-refractivity contribution >= 4 is 9.84 Å². The normalized spacial score (nSPS) is 13.4. The SMILES string of the molecule is CCCNC(CCCS(C)(=O)=O)c1ccc(C)cc1. The van der Waals surface area contributed by atoms with Crippen LogP contribution in [0.4, 0.5) is 0 Å². The predicted octanol–water partition coefficient (Wildman–Crippen LogP) is 2.86.